The maximum absolute atomic E-state index is 2.46. The van der Waals surface area contributed by atoms with Crippen LogP contribution in [0.15, 0.2) is 0 Å². The minimum atomic E-state index is -1.07. The molecule has 0 heterocycles. The molecule has 40 heavy (non-hydrogen) atoms. The van der Waals surface area contributed by atoms with Gasteiger partial charge in [-0.2, -0.15) is 0 Å². The van der Waals surface area contributed by atoms with Crippen molar-refractivity contribution in [1.82, 2.24) is 0 Å². The molecule has 3 fully saturated rings. The Kier molecular flexibility index (Phi) is 17.0. The first-order valence-corrected chi connectivity index (χ1v) is 36.0. The number of hydrogen-bond acceptors (Lipinski definition) is 0. The molecule has 3 aliphatic rings. The first-order chi connectivity index (χ1) is 17.1. The zero-order chi connectivity index (χ0) is 30.8. The van der Waals surface area contributed by atoms with Crippen LogP contribution in [-0.4, -0.2) is 48.4 Å². The van der Waals surface area contributed by atoms with Gasteiger partial charge in [-0.1, -0.05) is 118 Å². The second-order valence-corrected chi connectivity index (χ2v) is 48.1. The Morgan fingerprint density at radius 2 is 0.350 bits per heavy atom. The van der Waals surface area contributed by atoms with Crippen molar-refractivity contribution in [2.24, 2.45) is 0 Å². The van der Waals surface area contributed by atoms with Gasteiger partial charge in [-0.05, 0) is 91.0 Å². The van der Waals surface area contributed by atoms with Crippen molar-refractivity contribution in [2.45, 2.75) is 118 Å². The topological polar surface area (TPSA) is 0 Å². The van der Waals surface area contributed by atoms with Gasteiger partial charge in [0.1, 0.15) is 0 Å². The summed E-state index contributed by atoms with van der Waals surface area (Å²) < 4.78 is 0. The van der Waals surface area contributed by atoms with E-state index < -0.39 is 48.4 Å². The number of rotatable bonds is 6. The SMILES string of the molecule is C[Si](C)(C)[C]1[CH][CH][C]([Si](C)(C)C)[CH]1.C[Si](C)(C)[C]1[CH][CH][C]([Si](C)(C)C)[CH]1.C[Si](C)(C)[C]1[CH][CH][C]([Si](C)(C)C)[CH]1.[Sm+3]. The van der Waals surface area contributed by atoms with Crippen LogP contribution >= 0.6 is 0 Å². The van der Waals surface area contributed by atoms with Gasteiger partial charge in [0.25, 0.3) is 0 Å². The quantitative estimate of drug-likeness (QED) is 0.236. The van der Waals surface area contributed by atoms with Gasteiger partial charge in [-0.25, -0.2) is 0 Å². The summed E-state index contributed by atoms with van der Waals surface area (Å²) in [5, 5.41) is 0. The van der Waals surface area contributed by atoms with E-state index >= 15 is 0 Å². The smallest absolute Gasteiger partial charge is 0.0691 e. The van der Waals surface area contributed by atoms with E-state index in [9.17, 15) is 0 Å². The summed E-state index contributed by atoms with van der Waals surface area (Å²) in [6.07, 6.45) is 21.5. The summed E-state index contributed by atoms with van der Waals surface area (Å²) in [6.45, 7) is 43.4. The van der Waals surface area contributed by atoms with Crippen LogP contribution in [0.3, 0.4) is 0 Å². The molecule has 16 radical (unpaired) electrons. The van der Waals surface area contributed by atoms with E-state index in [0.29, 0.717) is 0 Å². The molecule has 222 valence electrons. The van der Waals surface area contributed by atoms with Crippen LogP contribution in [0.2, 0.25) is 118 Å². The van der Waals surface area contributed by atoms with E-state index in [1.807, 2.05) is 0 Å². The van der Waals surface area contributed by atoms with Crippen molar-refractivity contribution >= 4 is 48.4 Å². The molecule has 0 atom stereocenters. The maximum Gasteiger partial charge on any atom is 3.00 e. The second kappa shape index (κ2) is 16.0. The fraction of sp³-hybridized carbons (Fsp3) is 0.545. The summed E-state index contributed by atoms with van der Waals surface area (Å²) in [4.78, 5) is 0. The van der Waals surface area contributed by atoms with Gasteiger partial charge in [0.2, 0.25) is 0 Å². The van der Waals surface area contributed by atoms with E-state index in [1.165, 1.54) is 0 Å². The molecule has 0 unspecified atom stereocenters. The Morgan fingerprint density at radius 3 is 0.400 bits per heavy atom. The molecule has 0 aromatic rings. The maximum atomic E-state index is 2.46. The van der Waals surface area contributed by atoms with Crippen molar-refractivity contribution in [3.63, 3.8) is 0 Å². The van der Waals surface area contributed by atoms with Crippen LogP contribution < -0.4 is 0 Å². The van der Waals surface area contributed by atoms with E-state index in [1.54, 1.807) is 33.2 Å². The average Bonchev–Trinajstić information content (AvgIpc) is 3.45. The van der Waals surface area contributed by atoms with Gasteiger partial charge in [0.15, 0.2) is 0 Å². The molecule has 0 aromatic heterocycles. The van der Waals surface area contributed by atoms with Crippen molar-refractivity contribution in [2.75, 3.05) is 0 Å². The number of hydrogen-bond donors (Lipinski definition) is 0. The van der Waals surface area contributed by atoms with Crippen LogP contribution in [0, 0.1) is 131 Å². The van der Waals surface area contributed by atoms with Crippen LogP contribution in [0.4, 0.5) is 0 Å². The Labute approximate surface area is 294 Å². The molecule has 0 aromatic carbocycles. The zero-order valence-electron chi connectivity index (χ0n) is 29.6. The fourth-order valence-corrected chi connectivity index (χ4v) is 11.6. The summed E-state index contributed by atoms with van der Waals surface area (Å²) in [5.74, 6) is 0. The zero-order valence-corrected chi connectivity index (χ0v) is 38.2. The largest absolute Gasteiger partial charge is 3.00 e. The monoisotopic (exact) mass is 779 g/mol. The molecule has 0 N–H and O–H groups in total. The summed E-state index contributed by atoms with van der Waals surface area (Å²) in [5.41, 5.74) is 9.69. The molecule has 0 nitrogen and oxygen atoms in total. The van der Waals surface area contributed by atoms with Gasteiger partial charge in [-0.3, -0.25) is 0 Å². The molecule has 3 aliphatic carbocycles. The third-order valence-corrected chi connectivity index (χ3v) is 19.7. The Morgan fingerprint density at radius 1 is 0.250 bits per heavy atom. The minimum absolute atomic E-state index is 0. The summed E-state index contributed by atoms with van der Waals surface area (Å²) in [7, 11) is -6.41. The molecule has 0 amide bonds. The van der Waals surface area contributed by atoms with Crippen molar-refractivity contribution < 1.29 is 40.4 Å². The second-order valence-electron chi connectivity index (χ2n) is 17.7. The predicted octanol–water partition coefficient (Wildman–Crippen LogP) is 10.5. The molecular weight excluding hydrogens is 715 g/mol. The standard InChI is InChI=1S/3C11H21Si2.Sm/c3*1-12(2,3)10-7-8-11(9-10)13(4,5)6;/h3*7-9H,1-6H3;/q;;;+3. The molecule has 3 rings (SSSR count). The summed E-state index contributed by atoms with van der Waals surface area (Å²) >= 11 is 0. The third kappa shape index (κ3) is 14.8. The van der Waals surface area contributed by atoms with E-state index in [2.05, 4.69) is 176 Å². The molecule has 0 spiro atoms. The minimum Gasteiger partial charge on any atom is -0.0691 e. The van der Waals surface area contributed by atoms with Gasteiger partial charge < -0.3 is 0 Å². The van der Waals surface area contributed by atoms with Gasteiger partial charge >= 0.3 is 40.4 Å². The van der Waals surface area contributed by atoms with Gasteiger partial charge in [0.05, 0.1) is 48.4 Å². The third-order valence-electron chi connectivity index (χ3n) is 7.46. The van der Waals surface area contributed by atoms with Crippen LogP contribution in [0.1, 0.15) is 0 Å². The molecule has 0 bridgehead atoms. The summed E-state index contributed by atoms with van der Waals surface area (Å²) in [6, 6.07) is 0. The van der Waals surface area contributed by atoms with E-state index in [4.69, 9.17) is 0 Å². The van der Waals surface area contributed by atoms with E-state index in [-0.39, 0.29) is 40.4 Å². The Bertz CT molecular complexity index is 567. The average molecular weight is 779 g/mol. The first kappa shape index (κ1) is 42.6. The van der Waals surface area contributed by atoms with Crippen molar-refractivity contribution in [1.29, 1.82) is 0 Å². The van der Waals surface area contributed by atoms with Crippen molar-refractivity contribution in [3.8, 4) is 0 Å². The molecule has 0 saturated heterocycles. The first-order valence-electron chi connectivity index (χ1n) is 15.0. The van der Waals surface area contributed by atoms with E-state index in [0.717, 1.165) is 0 Å². The fourth-order valence-electron chi connectivity index (χ4n) is 4.13. The van der Waals surface area contributed by atoms with Crippen molar-refractivity contribution in [3.05, 3.63) is 91.0 Å². The predicted molar refractivity (Wildman–Crippen MR) is 198 cm³/mol. The van der Waals surface area contributed by atoms with Gasteiger partial charge in [-0.15, -0.1) is 0 Å². The van der Waals surface area contributed by atoms with Crippen LogP contribution in [0.25, 0.3) is 0 Å². The van der Waals surface area contributed by atoms with Crippen LogP contribution in [-0.2, 0) is 0 Å². The Hall–Kier alpha value is 2.64. The molecule has 0 aliphatic heterocycles. The molecule has 7 heteroatoms. The normalized spacial score (nSPS) is 22.1. The molecular formula is C33H63Si6Sm+3. The van der Waals surface area contributed by atoms with Crippen LogP contribution in [0.5, 0.6) is 0 Å². The molecule has 3 saturated carbocycles. The van der Waals surface area contributed by atoms with Gasteiger partial charge in [0, 0.05) is 0 Å². The Balaban J connectivity index is 0.000000563.